The van der Waals surface area contributed by atoms with Crippen molar-refractivity contribution < 1.29 is 42.9 Å². The first-order valence-electron chi connectivity index (χ1n) is 24.7. The van der Waals surface area contributed by atoms with E-state index in [9.17, 15) is 19.5 Å². The lowest BCUT2D eigenvalue weighted by Crippen LogP contribution is -2.40. The first-order chi connectivity index (χ1) is 31.6. The van der Waals surface area contributed by atoms with E-state index >= 15 is 0 Å². The summed E-state index contributed by atoms with van der Waals surface area (Å²) in [4.78, 5) is 37.2. The number of carboxylic acid groups (broad SMARTS) is 1. The van der Waals surface area contributed by atoms with Gasteiger partial charge in [-0.05, 0) is 103 Å². The average molecular weight is 905 g/mol. The molecule has 9 heteroatoms. The molecule has 0 spiro atoms. The van der Waals surface area contributed by atoms with Gasteiger partial charge < -0.3 is 28.5 Å². The first kappa shape index (κ1) is 60.7. The number of hydrogen-bond acceptors (Lipinski definition) is 7. The largest absolute Gasteiger partial charge is 0.477 e. The van der Waals surface area contributed by atoms with Crippen LogP contribution in [-0.4, -0.2) is 87.4 Å². The number of quaternary nitrogens is 1. The molecule has 0 bridgehead atoms. The van der Waals surface area contributed by atoms with Crippen molar-refractivity contribution in [2.24, 2.45) is 0 Å². The van der Waals surface area contributed by atoms with Gasteiger partial charge in [0.15, 0.2) is 6.10 Å². The van der Waals surface area contributed by atoms with Gasteiger partial charge in [-0.25, -0.2) is 4.79 Å². The van der Waals surface area contributed by atoms with Gasteiger partial charge in [0, 0.05) is 12.8 Å². The Hall–Kier alpha value is -4.31. The van der Waals surface area contributed by atoms with E-state index in [-0.39, 0.29) is 38.6 Å². The molecule has 2 unspecified atom stereocenters. The fourth-order valence-electron chi connectivity index (χ4n) is 5.95. The van der Waals surface area contributed by atoms with Gasteiger partial charge in [-0.1, -0.05) is 161 Å². The van der Waals surface area contributed by atoms with Gasteiger partial charge >= 0.3 is 17.9 Å². The van der Waals surface area contributed by atoms with E-state index in [0.717, 1.165) is 116 Å². The van der Waals surface area contributed by atoms with E-state index in [2.05, 4.69) is 135 Å². The van der Waals surface area contributed by atoms with Crippen molar-refractivity contribution in [1.29, 1.82) is 0 Å². The zero-order valence-electron chi connectivity index (χ0n) is 41.3. The first-order valence-corrected chi connectivity index (χ1v) is 24.7. The molecule has 0 heterocycles. The summed E-state index contributed by atoms with van der Waals surface area (Å²) in [5, 5.41) is 9.66. The Bertz CT molecular complexity index is 1470. The molecular weight excluding hydrogens is 815 g/mol. The predicted molar refractivity (Wildman–Crippen MR) is 271 cm³/mol. The smallest absolute Gasteiger partial charge is 0.361 e. The van der Waals surface area contributed by atoms with Crippen LogP contribution in [0.3, 0.4) is 0 Å². The lowest BCUT2D eigenvalue weighted by atomic mass is 10.1. The second-order valence-corrected chi connectivity index (χ2v) is 17.0. The molecule has 65 heavy (non-hydrogen) atoms. The number of carbonyl (C=O) groups excluding carboxylic acids is 2. The SMILES string of the molecule is CC/C=C\C/C=C\C/C=C\C/C=C\C/C=C\C/C=C\CCCCCCC(=O)OC(COC(=O)CCCCCC/C=C\C/C=C\C/C=C\C/C=C\CC)COC(OCC[N+](C)(C)C)C(=O)O. The summed E-state index contributed by atoms with van der Waals surface area (Å²) in [6.45, 7) is 4.55. The van der Waals surface area contributed by atoms with Gasteiger partial charge in [-0.15, -0.1) is 0 Å². The van der Waals surface area contributed by atoms with Crippen LogP contribution in [0.1, 0.15) is 155 Å². The Morgan fingerprint density at radius 2 is 0.831 bits per heavy atom. The second-order valence-electron chi connectivity index (χ2n) is 17.0. The minimum absolute atomic E-state index is 0.170. The van der Waals surface area contributed by atoms with E-state index in [0.29, 0.717) is 23.9 Å². The molecule has 9 nitrogen and oxygen atoms in total. The highest BCUT2D eigenvalue weighted by Crippen LogP contribution is 2.12. The van der Waals surface area contributed by atoms with Crippen LogP contribution in [0.15, 0.2) is 122 Å². The highest BCUT2D eigenvalue weighted by Gasteiger charge is 2.25. The molecule has 0 aliphatic rings. The van der Waals surface area contributed by atoms with Gasteiger partial charge in [0.25, 0.3) is 6.29 Å². The highest BCUT2D eigenvalue weighted by molar-refractivity contribution is 5.71. The van der Waals surface area contributed by atoms with Crippen molar-refractivity contribution in [3.8, 4) is 0 Å². The summed E-state index contributed by atoms with van der Waals surface area (Å²) >= 11 is 0. The second kappa shape index (κ2) is 46.2. The van der Waals surface area contributed by atoms with Crippen LogP contribution in [0.5, 0.6) is 0 Å². The van der Waals surface area contributed by atoms with Gasteiger partial charge in [0.05, 0.1) is 34.4 Å². The van der Waals surface area contributed by atoms with Crippen LogP contribution in [0.25, 0.3) is 0 Å². The van der Waals surface area contributed by atoms with Crippen molar-refractivity contribution in [2.45, 2.75) is 167 Å². The minimum atomic E-state index is -1.53. The number of ether oxygens (including phenoxy) is 4. The molecule has 2 atom stereocenters. The summed E-state index contributed by atoms with van der Waals surface area (Å²) in [6, 6.07) is 0. The van der Waals surface area contributed by atoms with Gasteiger partial charge in [-0.3, -0.25) is 9.59 Å². The molecule has 0 radical (unpaired) electrons. The van der Waals surface area contributed by atoms with Gasteiger partial charge in [-0.2, -0.15) is 0 Å². The quantitative estimate of drug-likeness (QED) is 0.0212. The predicted octanol–water partition coefficient (Wildman–Crippen LogP) is 13.8. The van der Waals surface area contributed by atoms with Crippen LogP contribution in [0.4, 0.5) is 0 Å². The summed E-state index contributed by atoms with van der Waals surface area (Å²) < 4.78 is 22.7. The molecule has 0 amide bonds. The van der Waals surface area contributed by atoms with Crippen LogP contribution in [0, 0.1) is 0 Å². The van der Waals surface area contributed by atoms with E-state index in [1.165, 1.54) is 0 Å². The zero-order valence-corrected chi connectivity index (χ0v) is 41.3. The molecule has 0 aromatic rings. The van der Waals surface area contributed by atoms with Crippen LogP contribution < -0.4 is 0 Å². The summed E-state index contributed by atoms with van der Waals surface area (Å²) in [7, 11) is 5.93. The maximum atomic E-state index is 12.8. The van der Waals surface area contributed by atoms with Crippen molar-refractivity contribution in [3.63, 3.8) is 0 Å². The number of hydrogen-bond donors (Lipinski definition) is 1. The molecule has 0 saturated heterocycles. The van der Waals surface area contributed by atoms with Crippen LogP contribution >= 0.6 is 0 Å². The molecular formula is C56H90NO8+. The molecule has 1 N–H and O–H groups in total. The van der Waals surface area contributed by atoms with Crippen molar-refractivity contribution in [3.05, 3.63) is 122 Å². The molecule has 0 aliphatic heterocycles. The number of likely N-dealkylation sites (N-methyl/N-ethyl adjacent to an activating group) is 1. The van der Waals surface area contributed by atoms with E-state index < -0.39 is 24.3 Å². The van der Waals surface area contributed by atoms with Gasteiger partial charge in [0.1, 0.15) is 13.2 Å². The Labute approximate surface area is 396 Å². The number of unbranched alkanes of at least 4 members (excludes halogenated alkanes) is 8. The number of nitrogens with zero attached hydrogens (tertiary/aromatic N) is 1. The Kier molecular flexibility index (Phi) is 43.2. The lowest BCUT2D eigenvalue weighted by molar-refractivity contribution is -0.870. The molecule has 0 saturated carbocycles. The molecule has 366 valence electrons. The number of rotatable bonds is 43. The Morgan fingerprint density at radius 3 is 1.22 bits per heavy atom. The third-order valence-electron chi connectivity index (χ3n) is 9.71. The van der Waals surface area contributed by atoms with Crippen LogP contribution in [0.2, 0.25) is 0 Å². The summed E-state index contributed by atoms with van der Waals surface area (Å²) in [5.41, 5.74) is 0. The maximum Gasteiger partial charge on any atom is 0.361 e. The molecule has 0 rings (SSSR count). The fourth-order valence-corrected chi connectivity index (χ4v) is 5.95. The monoisotopic (exact) mass is 905 g/mol. The third-order valence-corrected chi connectivity index (χ3v) is 9.71. The maximum absolute atomic E-state index is 12.8. The third kappa shape index (κ3) is 47.5. The number of allylic oxidation sites excluding steroid dienone is 20. The molecule has 0 aliphatic carbocycles. The number of aliphatic carboxylic acids is 1. The van der Waals surface area contributed by atoms with E-state index in [1.54, 1.807) is 0 Å². The van der Waals surface area contributed by atoms with E-state index in [4.69, 9.17) is 18.9 Å². The topological polar surface area (TPSA) is 108 Å². The fraction of sp³-hybridized carbons (Fsp3) is 0.589. The Balaban J connectivity index is 4.50. The molecule has 0 aromatic heterocycles. The van der Waals surface area contributed by atoms with Gasteiger partial charge in [0.2, 0.25) is 0 Å². The average Bonchev–Trinajstić information content (AvgIpc) is 3.27. The number of carbonyl (C=O) groups is 3. The standard InChI is InChI=1S/C56H89NO8/c1-6-8-10-12-14-16-18-20-22-24-25-26-27-28-29-31-33-35-37-39-41-43-45-47-54(59)65-52(51-64-56(55(60)61)62-49-48-57(3,4)5)50-63-53(58)46-44-42-40-38-36-34-32-30-23-21-19-17-15-13-11-9-7-2/h8-11,14-17,20-23,25-26,28-29,32-35,52,56H,6-7,12-13,18-19,24,27,30-31,36-51H2,1-5H3/p+1/b10-8-,11-9-,16-14-,17-15-,22-20-,23-21-,26-25-,29-28-,34-32-,35-33-. The zero-order chi connectivity index (χ0) is 47.7. The lowest BCUT2D eigenvalue weighted by Gasteiger charge is -2.25. The summed E-state index contributed by atoms with van der Waals surface area (Å²) in [5.74, 6) is -2.09. The Morgan fingerprint density at radius 1 is 0.462 bits per heavy atom. The minimum Gasteiger partial charge on any atom is -0.477 e. The highest BCUT2D eigenvalue weighted by atomic mass is 16.7. The molecule has 0 aromatic carbocycles. The van der Waals surface area contributed by atoms with E-state index in [1.807, 2.05) is 21.1 Å². The van der Waals surface area contributed by atoms with Crippen molar-refractivity contribution in [2.75, 3.05) is 47.5 Å². The van der Waals surface area contributed by atoms with Crippen LogP contribution in [-0.2, 0) is 33.3 Å². The number of carboxylic acids is 1. The normalized spacial score (nSPS) is 13.9. The molecule has 0 fully saturated rings. The van der Waals surface area contributed by atoms with Crippen molar-refractivity contribution in [1.82, 2.24) is 0 Å². The number of esters is 2. The van der Waals surface area contributed by atoms with Crippen molar-refractivity contribution >= 4 is 17.9 Å². The summed E-state index contributed by atoms with van der Waals surface area (Å²) in [6.07, 6.45) is 61.2.